The lowest BCUT2D eigenvalue weighted by Crippen LogP contribution is -2.24. The first kappa shape index (κ1) is 8.31. The van der Waals surface area contributed by atoms with E-state index in [-0.39, 0.29) is 12.3 Å². The minimum absolute atomic E-state index is 0.0103. The van der Waals surface area contributed by atoms with Crippen LogP contribution in [0.1, 0.15) is 12.2 Å². The van der Waals surface area contributed by atoms with Gasteiger partial charge in [0.2, 0.25) is 5.91 Å². The molecule has 4 nitrogen and oxygen atoms in total. The van der Waals surface area contributed by atoms with Crippen LogP contribution in [0.2, 0.25) is 0 Å². The molecule has 1 amide bonds. The molecule has 0 spiro atoms. The third-order valence-corrected chi connectivity index (χ3v) is 2.12. The maximum absolute atomic E-state index is 11.2. The molecule has 1 aliphatic rings. The van der Waals surface area contributed by atoms with Gasteiger partial charge in [-0.25, -0.2) is 0 Å². The number of likely N-dealkylation sites (tertiary alicyclic amines) is 1. The number of furan rings is 1. The molecule has 1 unspecified atom stereocenters. The van der Waals surface area contributed by atoms with Crippen molar-refractivity contribution in [2.75, 3.05) is 6.54 Å². The van der Waals surface area contributed by atoms with E-state index in [9.17, 15) is 9.90 Å². The molecule has 1 fully saturated rings. The average molecular weight is 181 g/mol. The van der Waals surface area contributed by atoms with Gasteiger partial charge in [-0.3, -0.25) is 4.79 Å². The van der Waals surface area contributed by atoms with Crippen molar-refractivity contribution in [3.05, 3.63) is 24.2 Å². The summed E-state index contributed by atoms with van der Waals surface area (Å²) in [7, 11) is 0. The van der Waals surface area contributed by atoms with Gasteiger partial charge in [0.15, 0.2) is 0 Å². The summed E-state index contributed by atoms with van der Waals surface area (Å²) in [6.45, 7) is 0.877. The van der Waals surface area contributed by atoms with Crippen LogP contribution in [-0.4, -0.2) is 28.6 Å². The molecule has 0 aromatic carbocycles. The van der Waals surface area contributed by atoms with Gasteiger partial charge in [0.1, 0.15) is 5.76 Å². The van der Waals surface area contributed by atoms with Gasteiger partial charge in [0.25, 0.3) is 0 Å². The van der Waals surface area contributed by atoms with Gasteiger partial charge in [0.05, 0.1) is 25.3 Å². The molecule has 1 saturated heterocycles. The van der Waals surface area contributed by atoms with E-state index < -0.39 is 6.10 Å². The zero-order chi connectivity index (χ0) is 9.26. The highest BCUT2D eigenvalue weighted by Gasteiger charge is 2.28. The second-order valence-corrected chi connectivity index (χ2v) is 3.21. The minimum Gasteiger partial charge on any atom is -0.467 e. The Hall–Kier alpha value is -1.29. The van der Waals surface area contributed by atoms with E-state index in [1.165, 1.54) is 0 Å². The fourth-order valence-corrected chi connectivity index (χ4v) is 1.49. The number of carbonyl (C=O) groups is 1. The number of aliphatic hydroxyl groups is 1. The predicted octanol–water partition coefficient (Wildman–Crippen LogP) is 0.373. The van der Waals surface area contributed by atoms with E-state index in [0.717, 1.165) is 5.76 Å². The summed E-state index contributed by atoms with van der Waals surface area (Å²) in [6, 6.07) is 3.60. The van der Waals surface area contributed by atoms with Gasteiger partial charge in [-0.2, -0.15) is 0 Å². The zero-order valence-corrected chi connectivity index (χ0v) is 7.14. The highest BCUT2D eigenvalue weighted by atomic mass is 16.3. The number of β-amino-alcohol motifs (C(OH)–C–C–N with tert-alkyl or cyclic N) is 1. The largest absolute Gasteiger partial charge is 0.467 e. The van der Waals surface area contributed by atoms with Crippen LogP contribution in [0.3, 0.4) is 0 Å². The van der Waals surface area contributed by atoms with Crippen molar-refractivity contribution >= 4 is 5.91 Å². The van der Waals surface area contributed by atoms with Crippen LogP contribution in [0.4, 0.5) is 0 Å². The third kappa shape index (κ3) is 1.72. The fourth-order valence-electron chi connectivity index (χ4n) is 1.49. The molecule has 2 rings (SSSR count). The summed E-state index contributed by atoms with van der Waals surface area (Å²) in [4.78, 5) is 12.8. The van der Waals surface area contributed by atoms with Crippen molar-refractivity contribution in [1.82, 2.24) is 4.90 Å². The summed E-state index contributed by atoms with van der Waals surface area (Å²) >= 11 is 0. The molecular weight excluding hydrogens is 170 g/mol. The lowest BCUT2D eigenvalue weighted by molar-refractivity contribution is -0.128. The molecule has 1 aromatic heterocycles. The second-order valence-electron chi connectivity index (χ2n) is 3.21. The van der Waals surface area contributed by atoms with E-state index in [0.29, 0.717) is 13.1 Å². The number of nitrogens with zero attached hydrogens (tertiary/aromatic N) is 1. The Morgan fingerprint density at radius 1 is 1.69 bits per heavy atom. The van der Waals surface area contributed by atoms with Gasteiger partial charge in [-0.1, -0.05) is 0 Å². The predicted molar refractivity (Wildman–Crippen MR) is 44.7 cm³/mol. The van der Waals surface area contributed by atoms with Crippen LogP contribution in [0, 0.1) is 0 Å². The Bertz CT molecular complexity index is 294. The van der Waals surface area contributed by atoms with Crippen molar-refractivity contribution in [3.8, 4) is 0 Å². The Morgan fingerprint density at radius 2 is 2.54 bits per heavy atom. The number of rotatable bonds is 2. The quantitative estimate of drug-likeness (QED) is 0.717. The molecule has 1 atom stereocenters. The van der Waals surface area contributed by atoms with Crippen LogP contribution < -0.4 is 0 Å². The number of hydrogen-bond donors (Lipinski definition) is 1. The van der Waals surface area contributed by atoms with Crippen LogP contribution in [0.25, 0.3) is 0 Å². The normalized spacial score (nSPS) is 22.7. The summed E-state index contributed by atoms with van der Waals surface area (Å²) in [6.07, 6.45) is 1.30. The maximum Gasteiger partial charge on any atom is 0.225 e. The van der Waals surface area contributed by atoms with Crippen LogP contribution in [0.5, 0.6) is 0 Å². The number of hydrogen-bond acceptors (Lipinski definition) is 3. The first-order valence-electron chi connectivity index (χ1n) is 4.24. The van der Waals surface area contributed by atoms with Crippen molar-refractivity contribution in [3.63, 3.8) is 0 Å². The Kier molecular flexibility index (Phi) is 2.06. The van der Waals surface area contributed by atoms with Crippen LogP contribution in [0.15, 0.2) is 22.8 Å². The monoisotopic (exact) mass is 181 g/mol. The summed E-state index contributed by atoms with van der Waals surface area (Å²) in [5.41, 5.74) is 0. The molecule has 70 valence electrons. The van der Waals surface area contributed by atoms with Crippen molar-refractivity contribution in [1.29, 1.82) is 0 Å². The molecule has 2 heterocycles. The van der Waals surface area contributed by atoms with Crippen LogP contribution >= 0.6 is 0 Å². The Labute approximate surface area is 75.8 Å². The van der Waals surface area contributed by atoms with E-state index >= 15 is 0 Å². The van der Waals surface area contributed by atoms with Crippen molar-refractivity contribution in [2.24, 2.45) is 0 Å². The highest BCUT2D eigenvalue weighted by molar-refractivity contribution is 5.78. The topological polar surface area (TPSA) is 53.7 Å². The maximum atomic E-state index is 11.2. The van der Waals surface area contributed by atoms with E-state index in [4.69, 9.17) is 4.42 Å². The summed E-state index contributed by atoms with van der Waals surface area (Å²) in [5.74, 6) is 0.742. The summed E-state index contributed by atoms with van der Waals surface area (Å²) in [5, 5.41) is 9.21. The minimum atomic E-state index is -0.512. The van der Waals surface area contributed by atoms with Gasteiger partial charge in [-0.15, -0.1) is 0 Å². The smallest absolute Gasteiger partial charge is 0.225 e. The fraction of sp³-hybridized carbons (Fsp3) is 0.444. The standard InChI is InChI=1S/C9H11NO3/c11-7-4-9(12)10(5-7)6-8-2-1-3-13-8/h1-3,7,11H,4-6H2. The third-order valence-electron chi connectivity index (χ3n) is 2.12. The molecule has 1 aromatic rings. The lowest BCUT2D eigenvalue weighted by atomic mass is 10.3. The molecule has 0 aliphatic carbocycles. The number of amides is 1. The summed E-state index contributed by atoms with van der Waals surface area (Å²) < 4.78 is 5.10. The molecular formula is C9H11NO3. The second kappa shape index (κ2) is 3.22. The molecule has 4 heteroatoms. The van der Waals surface area contributed by atoms with Crippen molar-refractivity contribution < 1.29 is 14.3 Å². The molecule has 1 N–H and O–H groups in total. The number of carbonyl (C=O) groups excluding carboxylic acids is 1. The lowest BCUT2D eigenvalue weighted by Gasteiger charge is -2.13. The van der Waals surface area contributed by atoms with Gasteiger partial charge < -0.3 is 14.4 Å². The molecule has 13 heavy (non-hydrogen) atoms. The van der Waals surface area contributed by atoms with E-state index in [1.807, 2.05) is 6.07 Å². The zero-order valence-electron chi connectivity index (χ0n) is 7.14. The highest BCUT2D eigenvalue weighted by Crippen LogP contribution is 2.14. The van der Waals surface area contributed by atoms with E-state index in [1.54, 1.807) is 17.2 Å². The first-order chi connectivity index (χ1) is 6.25. The average Bonchev–Trinajstić information content (AvgIpc) is 2.63. The molecule has 0 bridgehead atoms. The van der Waals surface area contributed by atoms with Crippen molar-refractivity contribution in [2.45, 2.75) is 19.1 Å². The molecule has 0 saturated carbocycles. The van der Waals surface area contributed by atoms with Gasteiger partial charge >= 0.3 is 0 Å². The molecule has 1 aliphatic heterocycles. The SMILES string of the molecule is O=C1CC(O)CN1Cc1ccco1. The Morgan fingerprint density at radius 3 is 3.08 bits per heavy atom. The van der Waals surface area contributed by atoms with E-state index in [2.05, 4.69) is 0 Å². The first-order valence-corrected chi connectivity index (χ1v) is 4.24. The number of aliphatic hydroxyl groups excluding tert-OH is 1. The Balaban J connectivity index is 1.99. The van der Waals surface area contributed by atoms with Crippen LogP contribution in [-0.2, 0) is 11.3 Å². The molecule has 0 radical (unpaired) electrons. The van der Waals surface area contributed by atoms with Gasteiger partial charge in [-0.05, 0) is 12.1 Å². The van der Waals surface area contributed by atoms with Gasteiger partial charge in [0, 0.05) is 6.54 Å².